The molecule has 0 radical (unpaired) electrons. The van der Waals surface area contributed by atoms with Crippen molar-refractivity contribution in [3.8, 4) is 0 Å². The summed E-state index contributed by atoms with van der Waals surface area (Å²) in [6.07, 6.45) is 0.674. The Labute approximate surface area is 90.1 Å². The second kappa shape index (κ2) is 4.49. The molecule has 1 saturated heterocycles. The van der Waals surface area contributed by atoms with E-state index in [1.54, 1.807) is 6.92 Å². The number of carbonyl (C=O) groups is 1. The highest BCUT2D eigenvalue weighted by molar-refractivity contribution is 7.92. The van der Waals surface area contributed by atoms with Crippen LogP contribution in [0.4, 0.5) is 0 Å². The van der Waals surface area contributed by atoms with Crippen LogP contribution < -0.4 is 5.32 Å². The van der Waals surface area contributed by atoms with Gasteiger partial charge < -0.3 is 4.74 Å². The van der Waals surface area contributed by atoms with Gasteiger partial charge >= 0.3 is 5.97 Å². The van der Waals surface area contributed by atoms with Gasteiger partial charge in [-0.2, -0.15) is 0 Å². The Balaban J connectivity index is 2.88. The molecule has 1 aliphatic rings. The molecule has 0 saturated carbocycles. The SMILES string of the molecule is CCC1NC(C(=O)OC)CS(=O)(=O)C1C. The highest BCUT2D eigenvalue weighted by Crippen LogP contribution is 2.18. The summed E-state index contributed by atoms with van der Waals surface area (Å²) >= 11 is 0. The molecule has 6 heteroatoms. The number of hydrogen-bond acceptors (Lipinski definition) is 5. The minimum atomic E-state index is -3.19. The summed E-state index contributed by atoms with van der Waals surface area (Å²) in [6.45, 7) is 3.56. The van der Waals surface area contributed by atoms with E-state index in [0.717, 1.165) is 0 Å². The molecule has 1 aliphatic heterocycles. The molecule has 88 valence electrons. The van der Waals surface area contributed by atoms with E-state index in [2.05, 4.69) is 10.1 Å². The first kappa shape index (κ1) is 12.4. The second-order valence-electron chi connectivity index (χ2n) is 3.79. The van der Waals surface area contributed by atoms with Gasteiger partial charge in [0.2, 0.25) is 0 Å². The fraction of sp³-hybridized carbons (Fsp3) is 0.889. The van der Waals surface area contributed by atoms with Crippen LogP contribution in [0.3, 0.4) is 0 Å². The average Bonchev–Trinajstić information content (AvgIpc) is 2.20. The quantitative estimate of drug-likeness (QED) is 0.666. The predicted molar refractivity (Wildman–Crippen MR) is 56.3 cm³/mol. The van der Waals surface area contributed by atoms with Gasteiger partial charge in [0.15, 0.2) is 9.84 Å². The number of sulfone groups is 1. The van der Waals surface area contributed by atoms with Crippen molar-refractivity contribution in [1.29, 1.82) is 0 Å². The van der Waals surface area contributed by atoms with Gasteiger partial charge in [0.25, 0.3) is 0 Å². The number of carbonyl (C=O) groups excluding carboxylic acids is 1. The molecule has 0 aromatic carbocycles. The molecule has 3 atom stereocenters. The monoisotopic (exact) mass is 235 g/mol. The van der Waals surface area contributed by atoms with Crippen molar-refractivity contribution >= 4 is 15.8 Å². The Hall–Kier alpha value is -0.620. The van der Waals surface area contributed by atoms with Crippen molar-refractivity contribution in [3.05, 3.63) is 0 Å². The van der Waals surface area contributed by atoms with E-state index in [4.69, 9.17) is 0 Å². The molecule has 1 heterocycles. The Morgan fingerprint density at radius 2 is 2.13 bits per heavy atom. The first-order valence-electron chi connectivity index (χ1n) is 4.97. The van der Waals surface area contributed by atoms with Crippen LogP contribution in [0.25, 0.3) is 0 Å². The average molecular weight is 235 g/mol. The molecule has 15 heavy (non-hydrogen) atoms. The van der Waals surface area contributed by atoms with Crippen LogP contribution in [-0.2, 0) is 19.4 Å². The number of rotatable bonds is 2. The molecule has 0 aromatic heterocycles. The minimum Gasteiger partial charge on any atom is -0.468 e. The van der Waals surface area contributed by atoms with Gasteiger partial charge in [-0.1, -0.05) is 6.92 Å². The maximum Gasteiger partial charge on any atom is 0.323 e. The molecule has 1 fully saturated rings. The van der Waals surface area contributed by atoms with Crippen LogP contribution in [0.5, 0.6) is 0 Å². The molecule has 1 rings (SSSR count). The molecular formula is C9H17NO4S. The third-order valence-corrected chi connectivity index (χ3v) is 5.13. The van der Waals surface area contributed by atoms with Crippen molar-refractivity contribution in [2.45, 2.75) is 37.6 Å². The molecule has 0 bridgehead atoms. The molecule has 0 aromatic rings. The number of ether oxygens (including phenoxy) is 1. The van der Waals surface area contributed by atoms with Crippen molar-refractivity contribution in [1.82, 2.24) is 5.32 Å². The van der Waals surface area contributed by atoms with E-state index >= 15 is 0 Å². The Morgan fingerprint density at radius 1 is 1.53 bits per heavy atom. The topological polar surface area (TPSA) is 72.5 Å². The predicted octanol–water partition coefficient (Wildman–Crippen LogP) is -0.287. The molecule has 1 N–H and O–H groups in total. The van der Waals surface area contributed by atoms with Gasteiger partial charge in [-0.25, -0.2) is 8.42 Å². The standard InChI is InChI=1S/C9H17NO4S/c1-4-7-6(2)15(12,13)5-8(10-7)9(11)14-3/h6-8,10H,4-5H2,1-3H3. The molecule has 0 aliphatic carbocycles. The lowest BCUT2D eigenvalue weighted by Crippen LogP contribution is -2.59. The van der Waals surface area contributed by atoms with E-state index in [1.165, 1.54) is 7.11 Å². The molecule has 5 nitrogen and oxygen atoms in total. The van der Waals surface area contributed by atoms with E-state index in [1.807, 2.05) is 6.92 Å². The van der Waals surface area contributed by atoms with Crippen molar-refractivity contribution in [2.24, 2.45) is 0 Å². The van der Waals surface area contributed by atoms with Crippen molar-refractivity contribution in [2.75, 3.05) is 12.9 Å². The maximum absolute atomic E-state index is 11.7. The smallest absolute Gasteiger partial charge is 0.323 e. The van der Waals surface area contributed by atoms with Crippen LogP contribution in [0.2, 0.25) is 0 Å². The zero-order valence-electron chi connectivity index (χ0n) is 9.19. The number of esters is 1. The fourth-order valence-electron chi connectivity index (χ4n) is 1.80. The van der Waals surface area contributed by atoms with E-state index in [-0.39, 0.29) is 11.8 Å². The summed E-state index contributed by atoms with van der Waals surface area (Å²) in [5.74, 6) is -0.680. The summed E-state index contributed by atoms with van der Waals surface area (Å²) in [4.78, 5) is 11.3. The zero-order valence-corrected chi connectivity index (χ0v) is 10.0. The zero-order chi connectivity index (χ0) is 11.6. The summed E-state index contributed by atoms with van der Waals surface area (Å²) in [5, 5.41) is 2.56. The van der Waals surface area contributed by atoms with E-state index in [0.29, 0.717) is 6.42 Å². The Kier molecular flexibility index (Phi) is 3.72. The lowest BCUT2D eigenvalue weighted by atomic mass is 10.1. The number of nitrogens with one attached hydrogen (secondary N) is 1. The van der Waals surface area contributed by atoms with Crippen LogP contribution in [0.1, 0.15) is 20.3 Å². The van der Waals surface area contributed by atoms with Crippen molar-refractivity contribution < 1.29 is 17.9 Å². The third-order valence-electron chi connectivity index (χ3n) is 2.87. The van der Waals surface area contributed by atoms with Gasteiger partial charge in [0.05, 0.1) is 18.1 Å². The van der Waals surface area contributed by atoms with Gasteiger partial charge in [-0.15, -0.1) is 0 Å². The largest absolute Gasteiger partial charge is 0.468 e. The maximum atomic E-state index is 11.7. The Morgan fingerprint density at radius 3 is 2.60 bits per heavy atom. The van der Waals surface area contributed by atoms with E-state index in [9.17, 15) is 13.2 Å². The van der Waals surface area contributed by atoms with Crippen LogP contribution in [-0.4, -0.2) is 44.6 Å². The Bertz CT molecular complexity index is 338. The number of hydrogen-bond donors (Lipinski definition) is 1. The van der Waals surface area contributed by atoms with Gasteiger partial charge in [-0.3, -0.25) is 10.1 Å². The summed E-state index contributed by atoms with van der Waals surface area (Å²) in [5.41, 5.74) is 0. The fourth-order valence-corrected chi connectivity index (χ4v) is 3.58. The van der Waals surface area contributed by atoms with E-state index < -0.39 is 27.1 Å². The summed E-state index contributed by atoms with van der Waals surface area (Å²) in [6, 6.07) is -0.894. The van der Waals surface area contributed by atoms with Gasteiger partial charge in [0, 0.05) is 6.04 Å². The third kappa shape index (κ3) is 2.49. The van der Waals surface area contributed by atoms with Crippen LogP contribution in [0, 0.1) is 0 Å². The highest BCUT2D eigenvalue weighted by atomic mass is 32.2. The lowest BCUT2D eigenvalue weighted by molar-refractivity contribution is -0.142. The number of methoxy groups -OCH3 is 1. The lowest BCUT2D eigenvalue weighted by Gasteiger charge is -2.33. The van der Waals surface area contributed by atoms with Crippen LogP contribution >= 0.6 is 0 Å². The molecule has 3 unspecified atom stereocenters. The molecular weight excluding hydrogens is 218 g/mol. The van der Waals surface area contributed by atoms with Gasteiger partial charge in [0.1, 0.15) is 6.04 Å². The first-order chi connectivity index (χ1) is 6.92. The van der Waals surface area contributed by atoms with Gasteiger partial charge in [-0.05, 0) is 13.3 Å². The normalized spacial score (nSPS) is 34.7. The highest BCUT2D eigenvalue weighted by Gasteiger charge is 2.40. The molecule has 0 amide bonds. The summed E-state index contributed by atoms with van der Waals surface area (Å²) in [7, 11) is -1.93. The summed E-state index contributed by atoms with van der Waals surface area (Å²) < 4.78 is 28.0. The van der Waals surface area contributed by atoms with Crippen LogP contribution in [0.15, 0.2) is 0 Å². The first-order valence-corrected chi connectivity index (χ1v) is 6.69. The minimum absolute atomic E-state index is 0.169. The van der Waals surface area contributed by atoms with Crippen molar-refractivity contribution in [3.63, 3.8) is 0 Å². The molecule has 0 spiro atoms. The second-order valence-corrected chi connectivity index (χ2v) is 6.19.